The Kier molecular flexibility index (Phi) is 15.1. The average Bonchev–Trinajstić information content (AvgIpc) is 3.71. The summed E-state index contributed by atoms with van der Waals surface area (Å²) in [6, 6.07) is 13.2. The maximum Gasteiger partial charge on any atom is 0.254 e. The Hall–Kier alpha value is -5.74. The molecule has 3 aromatic rings. The van der Waals surface area contributed by atoms with Crippen LogP contribution in [0.2, 0.25) is 0 Å². The summed E-state index contributed by atoms with van der Waals surface area (Å²) in [6.45, 7) is 5.20. The Labute approximate surface area is 324 Å². The molecule has 0 saturated carbocycles. The molecule has 1 aromatic heterocycles. The molecule has 0 saturated heterocycles. The molecular formula is C40H49F2N7O7. The molecule has 0 bridgehead atoms. The third kappa shape index (κ3) is 12.1. The lowest BCUT2D eigenvalue weighted by Gasteiger charge is -2.41. The van der Waals surface area contributed by atoms with Gasteiger partial charge in [0.05, 0.1) is 6.04 Å². The summed E-state index contributed by atoms with van der Waals surface area (Å²) in [5.74, 6) is -4.35. The number of hydrogen-bond acceptors (Lipinski definition) is 8. The number of rotatable bonds is 19. The van der Waals surface area contributed by atoms with Gasteiger partial charge in [-0.05, 0) is 41.7 Å². The molecular weight excluding hydrogens is 728 g/mol. The first-order chi connectivity index (χ1) is 26.6. The number of aliphatic hydroxyl groups is 1. The van der Waals surface area contributed by atoms with Gasteiger partial charge < -0.3 is 36.3 Å². The van der Waals surface area contributed by atoms with Crippen LogP contribution in [0, 0.1) is 17.0 Å². The van der Waals surface area contributed by atoms with E-state index >= 15 is 4.39 Å². The lowest BCUT2D eigenvalue weighted by molar-refractivity contribution is -0.141. The van der Waals surface area contributed by atoms with E-state index in [0.29, 0.717) is 17.8 Å². The zero-order valence-electron chi connectivity index (χ0n) is 31.7. The number of nitrogens with one attached hydrogen (secondary N) is 3. The van der Waals surface area contributed by atoms with E-state index in [-0.39, 0.29) is 51.0 Å². The van der Waals surface area contributed by atoms with Gasteiger partial charge in [-0.2, -0.15) is 0 Å². The number of hydrogen-bond donors (Lipinski definition) is 5. The van der Waals surface area contributed by atoms with E-state index in [1.54, 1.807) is 12.3 Å². The van der Waals surface area contributed by atoms with Crippen LogP contribution in [-0.2, 0) is 35.3 Å². The van der Waals surface area contributed by atoms with Gasteiger partial charge in [0.1, 0.15) is 24.8 Å². The summed E-state index contributed by atoms with van der Waals surface area (Å²) in [7, 11) is 0. The number of amides is 6. The summed E-state index contributed by atoms with van der Waals surface area (Å²) in [5.41, 5.74) is 7.81. The molecule has 300 valence electrons. The largest absolute Gasteiger partial charge is 0.387 e. The Balaban J connectivity index is 1.34. The fourth-order valence-electron chi connectivity index (χ4n) is 6.35. The van der Waals surface area contributed by atoms with Gasteiger partial charge >= 0.3 is 0 Å². The molecule has 14 nitrogen and oxygen atoms in total. The van der Waals surface area contributed by atoms with Gasteiger partial charge in [0, 0.05) is 86.8 Å². The second kappa shape index (κ2) is 19.7. The molecule has 0 aliphatic carbocycles. The third-order valence-electron chi connectivity index (χ3n) is 9.09. The van der Waals surface area contributed by atoms with Crippen LogP contribution in [-0.4, -0.2) is 100 Å². The minimum Gasteiger partial charge on any atom is -0.387 e. The molecule has 2 aromatic carbocycles. The van der Waals surface area contributed by atoms with Gasteiger partial charge in [-0.15, -0.1) is 0 Å². The van der Waals surface area contributed by atoms with Crippen LogP contribution in [0.5, 0.6) is 0 Å². The molecule has 16 heteroatoms. The van der Waals surface area contributed by atoms with Crippen LogP contribution in [0.25, 0.3) is 11.1 Å². The first-order valence-electron chi connectivity index (χ1n) is 18.3. The molecule has 56 heavy (non-hydrogen) atoms. The summed E-state index contributed by atoms with van der Waals surface area (Å²) >= 11 is 0. The van der Waals surface area contributed by atoms with E-state index in [2.05, 4.69) is 16.0 Å². The number of benzene rings is 2. The van der Waals surface area contributed by atoms with Crippen molar-refractivity contribution in [1.82, 2.24) is 30.3 Å². The van der Waals surface area contributed by atoms with Crippen molar-refractivity contribution in [2.45, 2.75) is 58.7 Å². The number of carbonyl (C=O) groups is 6. The van der Waals surface area contributed by atoms with Crippen molar-refractivity contribution in [3.05, 3.63) is 95.8 Å². The van der Waals surface area contributed by atoms with Crippen molar-refractivity contribution in [3.8, 4) is 11.1 Å². The summed E-state index contributed by atoms with van der Waals surface area (Å²) < 4.78 is 31.2. The Bertz CT molecular complexity index is 1910. The zero-order valence-corrected chi connectivity index (χ0v) is 31.7. The van der Waals surface area contributed by atoms with E-state index in [1.807, 2.05) is 55.7 Å². The van der Waals surface area contributed by atoms with Crippen molar-refractivity contribution in [2.75, 3.05) is 39.3 Å². The monoisotopic (exact) mass is 777 g/mol. The molecule has 4 rings (SSSR count). The van der Waals surface area contributed by atoms with Crippen LogP contribution >= 0.6 is 0 Å². The minimum atomic E-state index is -0.782. The first-order valence-corrected chi connectivity index (χ1v) is 18.3. The number of imide groups is 1. The summed E-state index contributed by atoms with van der Waals surface area (Å²) in [4.78, 5) is 75.6. The fourth-order valence-corrected chi connectivity index (χ4v) is 6.35. The lowest BCUT2D eigenvalue weighted by Crippen LogP contribution is -2.46. The number of aromatic nitrogens is 1. The zero-order chi connectivity index (χ0) is 41.0. The van der Waals surface area contributed by atoms with E-state index < -0.39 is 77.7 Å². The van der Waals surface area contributed by atoms with Gasteiger partial charge in [-0.3, -0.25) is 33.7 Å². The standard InChI is InChI=1S/C40H49F2N7O7/c1-40(2,3)39(32-19-27(30-20-28(41)9-10-31(30)42)23-47(32)22-26-7-5-4-6-8-26)48(38(56)25-50)18-15-29(43)21-46-34(52)12-11-33(51)44-16-17-45-35(53)24-49-36(54)13-14-37(49)55/h4-10,13-14,19-20,23,29,39,50H,11-12,15-18,21-22,24-25,43H2,1-3H3,(H,44,51)(H,45,53)(H,46,52)/t29-,39-/m0/s1. The summed E-state index contributed by atoms with van der Waals surface area (Å²) in [6.07, 6.45) is 3.84. The number of aliphatic hydroxyl groups excluding tert-OH is 1. The molecule has 0 unspecified atom stereocenters. The van der Waals surface area contributed by atoms with Crippen LogP contribution < -0.4 is 21.7 Å². The molecule has 6 amide bonds. The lowest BCUT2D eigenvalue weighted by atomic mass is 9.82. The molecule has 6 N–H and O–H groups in total. The predicted molar refractivity (Wildman–Crippen MR) is 203 cm³/mol. The van der Waals surface area contributed by atoms with E-state index in [0.717, 1.165) is 40.8 Å². The Morgan fingerprint density at radius 2 is 1.50 bits per heavy atom. The molecule has 1 aliphatic heterocycles. The van der Waals surface area contributed by atoms with Gasteiger partial charge in [0.2, 0.25) is 23.6 Å². The van der Waals surface area contributed by atoms with Gasteiger partial charge in [0.15, 0.2) is 0 Å². The van der Waals surface area contributed by atoms with Crippen LogP contribution in [0.3, 0.4) is 0 Å². The maximum absolute atomic E-state index is 15.0. The van der Waals surface area contributed by atoms with E-state index in [1.165, 1.54) is 4.90 Å². The van der Waals surface area contributed by atoms with Crippen LogP contribution in [0.15, 0.2) is 72.9 Å². The quantitative estimate of drug-likeness (QED) is 0.0902. The van der Waals surface area contributed by atoms with Gasteiger partial charge in [0.25, 0.3) is 11.8 Å². The second-order valence-electron chi connectivity index (χ2n) is 14.6. The van der Waals surface area contributed by atoms with Crippen molar-refractivity contribution in [1.29, 1.82) is 0 Å². The maximum atomic E-state index is 15.0. The van der Waals surface area contributed by atoms with E-state index in [4.69, 9.17) is 5.73 Å². The molecule has 1 aliphatic rings. The number of nitrogens with two attached hydrogens (primary N) is 1. The van der Waals surface area contributed by atoms with Crippen molar-refractivity contribution < 1.29 is 42.7 Å². The highest BCUT2D eigenvalue weighted by Gasteiger charge is 2.37. The molecule has 2 atom stereocenters. The van der Waals surface area contributed by atoms with Crippen LogP contribution in [0.1, 0.15) is 57.3 Å². The van der Waals surface area contributed by atoms with Crippen LogP contribution in [0.4, 0.5) is 8.78 Å². The summed E-state index contributed by atoms with van der Waals surface area (Å²) in [5, 5.41) is 17.8. The van der Waals surface area contributed by atoms with Gasteiger partial charge in [-0.25, -0.2) is 8.78 Å². The molecule has 2 heterocycles. The highest BCUT2D eigenvalue weighted by Crippen LogP contribution is 2.41. The molecule has 0 spiro atoms. The topological polar surface area (TPSA) is 196 Å². The third-order valence-corrected chi connectivity index (χ3v) is 9.09. The number of nitrogens with zero attached hydrogens (tertiary/aromatic N) is 3. The van der Waals surface area contributed by atoms with E-state index in [9.17, 15) is 38.3 Å². The second-order valence-corrected chi connectivity index (χ2v) is 14.6. The van der Waals surface area contributed by atoms with Gasteiger partial charge in [-0.1, -0.05) is 51.1 Å². The molecule has 0 fully saturated rings. The number of halogens is 2. The highest BCUT2D eigenvalue weighted by atomic mass is 19.1. The first kappa shape index (κ1) is 43.0. The fraction of sp³-hybridized carbons (Fsp3) is 0.400. The minimum absolute atomic E-state index is 0.0404. The van der Waals surface area contributed by atoms with Crippen molar-refractivity contribution >= 4 is 35.4 Å². The smallest absolute Gasteiger partial charge is 0.254 e. The van der Waals surface area contributed by atoms with Crippen molar-refractivity contribution in [2.24, 2.45) is 11.1 Å². The molecule has 0 radical (unpaired) electrons. The van der Waals surface area contributed by atoms with Crippen molar-refractivity contribution in [3.63, 3.8) is 0 Å². The Morgan fingerprint density at radius 3 is 2.12 bits per heavy atom. The Morgan fingerprint density at radius 1 is 0.875 bits per heavy atom. The average molecular weight is 778 g/mol. The SMILES string of the molecule is CC(C)(C)[C@H](c1cc(-c2cc(F)ccc2F)cn1Cc1ccccc1)N(CC[C@H](N)CNC(=O)CCC(=O)NCCNC(=O)CN1C(=O)C=CC1=O)C(=O)CO. The normalized spacial score (nSPS) is 13.7. The predicted octanol–water partition coefficient (Wildman–Crippen LogP) is 2.16. The highest BCUT2D eigenvalue weighted by molar-refractivity contribution is 6.14. The number of carbonyl (C=O) groups excluding carboxylic acids is 6.